The van der Waals surface area contributed by atoms with Crippen LogP contribution in [-0.2, 0) is 7.05 Å². The van der Waals surface area contributed by atoms with Crippen molar-refractivity contribution in [3.63, 3.8) is 0 Å². The van der Waals surface area contributed by atoms with Gasteiger partial charge in [-0.05, 0) is 56.9 Å². The molecule has 0 spiro atoms. The first-order valence-corrected chi connectivity index (χ1v) is 9.87. The fourth-order valence-corrected chi connectivity index (χ4v) is 4.11. The minimum atomic E-state index is 0.448. The zero-order chi connectivity index (χ0) is 19.0. The molecule has 2 unspecified atom stereocenters. The van der Waals surface area contributed by atoms with E-state index in [0.717, 1.165) is 40.5 Å². The molecule has 2 atom stereocenters. The van der Waals surface area contributed by atoms with Gasteiger partial charge in [0.05, 0.1) is 23.1 Å². The molecule has 2 aliphatic carbocycles. The predicted molar refractivity (Wildman–Crippen MR) is 103 cm³/mol. The third-order valence-corrected chi connectivity index (χ3v) is 5.97. The van der Waals surface area contributed by atoms with Crippen molar-refractivity contribution in [3.05, 3.63) is 47.2 Å². The number of hydrogen-bond acceptors (Lipinski definition) is 5. The van der Waals surface area contributed by atoms with Gasteiger partial charge in [-0.3, -0.25) is 9.36 Å². The average Bonchev–Trinajstić information content (AvgIpc) is 3.56. The molecule has 28 heavy (non-hydrogen) atoms. The van der Waals surface area contributed by atoms with E-state index < -0.39 is 0 Å². The third kappa shape index (κ3) is 2.40. The summed E-state index contributed by atoms with van der Waals surface area (Å²) in [7, 11) is 1.98. The van der Waals surface area contributed by atoms with Crippen LogP contribution in [0.3, 0.4) is 0 Å². The van der Waals surface area contributed by atoms with Crippen LogP contribution in [0.2, 0.25) is 0 Å². The minimum absolute atomic E-state index is 0.448. The van der Waals surface area contributed by atoms with Crippen LogP contribution in [0, 0.1) is 13.8 Å². The van der Waals surface area contributed by atoms with Gasteiger partial charge in [0.1, 0.15) is 5.69 Å². The maximum absolute atomic E-state index is 4.80. The summed E-state index contributed by atoms with van der Waals surface area (Å²) in [6, 6.07) is 7.06. The molecule has 4 aromatic heterocycles. The van der Waals surface area contributed by atoms with Crippen LogP contribution in [0.4, 0.5) is 0 Å². The van der Waals surface area contributed by atoms with Crippen LogP contribution in [-0.4, -0.2) is 39.4 Å². The van der Waals surface area contributed by atoms with Crippen LogP contribution >= 0.6 is 0 Å². The molecular weight excluding hydrogens is 352 g/mol. The Hall–Kier alpha value is -3.03. The van der Waals surface area contributed by atoms with Gasteiger partial charge in [-0.15, -0.1) is 10.2 Å². The SMILES string of the molecule is Cc1cc(-c2cc(C3CC3c3ccn(C4CC4)n3)nn2C)nn2c(C)nnc12. The van der Waals surface area contributed by atoms with Gasteiger partial charge >= 0.3 is 0 Å². The van der Waals surface area contributed by atoms with Gasteiger partial charge in [-0.1, -0.05) is 0 Å². The molecule has 0 bridgehead atoms. The molecule has 0 saturated heterocycles. The second kappa shape index (κ2) is 5.50. The molecule has 8 nitrogen and oxygen atoms in total. The zero-order valence-electron chi connectivity index (χ0n) is 16.2. The van der Waals surface area contributed by atoms with Crippen molar-refractivity contribution < 1.29 is 0 Å². The van der Waals surface area contributed by atoms with Gasteiger partial charge in [0.15, 0.2) is 11.5 Å². The summed E-state index contributed by atoms with van der Waals surface area (Å²) in [6.45, 7) is 3.96. The first-order chi connectivity index (χ1) is 13.6. The van der Waals surface area contributed by atoms with Crippen molar-refractivity contribution in [3.8, 4) is 11.4 Å². The van der Waals surface area contributed by atoms with E-state index in [-0.39, 0.29) is 0 Å². The molecule has 6 rings (SSSR count). The molecule has 142 valence electrons. The van der Waals surface area contributed by atoms with E-state index in [4.69, 9.17) is 15.3 Å². The largest absolute Gasteiger partial charge is 0.269 e. The normalized spacial score (nSPS) is 21.5. The molecule has 0 radical (unpaired) electrons. The molecular formula is C20H22N8. The molecule has 2 aliphatic rings. The molecule has 8 heteroatoms. The summed E-state index contributed by atoms with van der Waals surface area (Å²) in [6.07, 6.45) is 5.78. The smallest absolute Gasteiger partial charge is 0.180 e. The number of aromatic nitrogens is 8. The van der Waals surface area contributed by atoms with Gasteiger partial charge in [-0.2, -0.15) is 19.8 Å². The third-order valence-electron chi connectivity index (χ3n) is 5.97. The lowest BCUT2D eigenvalue weighted by Crippen LogP contribution is -2.02. The van der Waals surface area contributed by atoms with Crippen LogP contribution in [0.1, 0.15) is 59.9 Å². The lowest BCUT2D eigenvalue weighted by atomic mass is 10.1. The number of aryl methyl sites for hydroxylation is 3. The maximum Gasteiger partial charge on any atom is 0.180 e. The Balaban J connectivity index is 1.31. The van der Waals surface area contributed by atoms with E-state index in [1.807, 2.05) is 30.1 Å². The van der Waals surface area contributed by atoms with Crippen LogP contribution in [0.15, 0.2) is 24.4 Å². The number of nitrogens with zero attached hydrogens (tertiary/aromatic N) is 8. The standard InChI is InChI=1S/C20H22N8/c1-11-8-18(25-28-12(2)21-22-20(11)28)19-10-17(23-26(19)3)15-9-14(15)16-6-7-27(24-16)13-4-5-13/h6-8,10,13-15H,4-5,9H2,1-3H3. The highest BCUT2D eigenvalue weighted by Crippen LogP contribution is 2.54. The van der Waals surface area contributed by atoms with E-state index in [2.05, 4.69) is 39.3 Å². The van der Waals surface area contributed by atoms with Crippen LogP contribution < -0.4 is 0 Å². The van der Waals surface area contributed by atoms with Gasteiger partial charge in [-0.25, -0.2) is 0 Å². The number of rotatable bonds is 4. The molecule has 2 fully saturated rings. The Morgan fingerprint density at radius 3 is 2.61 bits per heavy atom. The molecule has 0 aromatic carbocycles. The Morgan fingerprint density at radius 1 is 0.964 bits per heavy atom. The highest BCUT2D eigenvalue weighted by atomic mass is 15.4. The fourth-order valence-electron chi connectivity index (χ4n) is 4.11. The van der Waals surface area contributed by atoms with Gasteiger partial charge < -0.3 is 0 Å². The fraction of sp³-hybridized carbons (Fsp3) is 0.450. The Bertz CT molecular complexity index is 1210. The summed E-state index contributed by atoms with van der Waals surface area (Å²) in [5, 5.41) is 22.7. The zero-order valence-corrected chi connectivity index (χ0v) is 16.2. The summed E-state index contributed by atoms with van der Waals surface area (Å²) in [5.74, 6) is 1.72. The molecule has 4 aromatic rings. The second-order valence-electron chi connectivity index (χ2n) is 8.17. The Morgan fingerprint density at radius 2 is 1.79 bits per heavy atom. The average molecular weight is 374 g/mol. The molecule has 0 amide bonds. The summed E-state index contributed by atoms with van der Waals surface area (Å²) in [5.41, 5.74) is 6.11. The van der Waals surface area contributed by atoms with E-state index in [0.29, 0.717) is 17.9 Å². The monoisotopic (exact) mass is 374 g/mol. The van der Waals surface area contributed by atoms with Gasteiger partial charge in [0, 0.05) is 25.1 Å². The minimum Gasteiger partial charge on any atom is -0.269 e. The number of fused-ring (bicyclic) bond motifs is 1. The summed E-state index contributed by atoms with van der Waals surface area (Å²) >= 11 is 0. The predicted octanol–water partition coefficient (Wildman–Crippen LogP) is 2.94. The molecule has 4 heterocycles. The maximum atomic E-state index is 4.80. The van der Waals surface area contributed by atoms with Crippen molar-refractivity contribution in [2.24, 2.45) is 7.05 Å². The molecule has 2 saturated carbocycles. The Kier molecular flexibility index (Phi) is 3.14. The van der Waals surface area contributed by atoms with E-state index >= 15 is 0 Å². The highest BCUT2D eigenvalue weighted by molar-refractivity contribution is 5.60. The summed E-state index contributed by atoms with van der Waals surface area (Å²) < 4.78 is 5.88. The number of hydrogen-bond donors (Lipinski definition) is 0. The highest BCUT2D eigenvalue weighted by Gasteiger charge is 2.43. The summed E-state index contributed by atoms with van der Waals surface area (Å²) in [4.78, 5) is 0. The van der Waals surface area contributed by atoms with Crippen molar-refractivity contribution in [1.82, 2.24) is 39.4 Å². The quantitative estimate of drug-likeness (QED) is 0.549. The second-order valence-corrected chi connectivity index (χ2v) is 8.17. The molecule has 0 aliphatic heterocycles. The first-order valence-electron chi connectivity index (χ1n) is 9.87. The lowest BCUT2D eigenvalue weighted by Gasteiger charge is -2.04. The van der Waals surface area contributed by atoms with Crippen molar-refractivity contribution in [2.45, 2.75) is 51.0 Å². The van der Waals surface area contributed by atoms with Crippen LogP contribution in [0.25, 0.3) is 17.0 Å². The van der Waals surface area contributed by atoms with Crippen molar-refractivity contribution in [2.75, 3.05) is 0 Å². The topological polar surface area (TPSA) is 78.7 Å². The van der Waals surface area contributed by atoms with E-state index in [1.165, 1.54) is 18.5 Å². The van der Waals surface area contributed by atoms with E-state index in [1.54, 1.807) is 0 Å². The van der Waals surface area contributed by atoms with Gasteiger partial charge in [0.2, 0.25) is 0 Å². The van der Waals surface area contributed by atoms with Gasteiger partial charge in [0.25, 0.3) is 0 Å². The van der Waals surface area contributed by atoms with Crippen molar-refractivity contribution >= 4 is 5.65 Å². The Labute approximate surface area is 162 Å². The lowest BCUT2D eigenvalue weighted by molar-refractivity contribution is 0.628. The van der Waals surface area contributed by atoms with Crippen molar-refractivity contribution in [1.29, 1.82) is 0 Å². The first kappa shape index (κ1) is 16.0. The van der Waals surface area contributed by atoms with E-state index in [9.17, 15) is 0 Å². The molecule has 0 N–H and O–H groups in total. The van der Waals surface area contributed by atoms with Crippen LogP contribution in [0.5, 0.6) is 0 Å².